The molecule has 0 radical (unpaired) electrons. The number of carboxylic acids is 1. The van der Waals surface area contributed by atoms with E-state index in [-0.39, 0.29) is 6.42 Å². The van der Waals surface area contributed by atoms with Crippen LogP contribution in [0.25, 0.3) is 10.9 Å². The fraction of sp³-hybridized carbons (Fsp3) is 0.200. The van der Waals surface area contributed by atoms with Gasteiger partial charge in [-0.3, -0.25) is 0 Å². The maximum Gasteiger partial charge on any atom is 0.326 e. The summed E-state index contributed by atoms with van der Waals surface area (Å²) in [5.74, 6) is -1.64. The molecule has 0 saturated heterocycles. The van der Waals surface area contributed by atoms with Crippen molar-refractivity contribution in [3.63, 3.8) is 0 Å². The van der Waals surface area contributed by atoms with Gasteiger partial charge in [-0.1, -0.05) is 12.1 Å². The number of aliphatic carboxylic acids is 1. The van der Waals surface area contributed by atoms with Crippen molar-refractivity contribution >= 4 is 28.6 Å². The summed E-state index contributed by atoms with van der Waals surface area (Å²) in [6, 6.07) is 8.18. The SMILES string of the molecule is Cc1ccc(NC(=O)NC(Cc2c[nH]c3cccc(F)c23)C(=O)O)cc1C. The number of amides is 2. The van der Waals surface area contributed by atoms with E-state index in [1.165, 1.54) is 6.07 Å². The third-order valence-corrected chi connectivity index (χ3v) is 4.53. The minimum absolute atomic E-state index is 0.0450. The predicted molar refractivity (Wildman–Crippen MR) is 101 cm³/mol. The van der Waals surface area contributed by atoms with Crippen molar-refractivity contribution < 1.29 is 19.1 Å². The molecule has 3 rings (SSSR count). The molecule has 1 aromatic heterocycles. The van der Waals surface area contributed by atoms with Gasteiger partial charge in [0.15, 0.2) is 0 Å². The van der Waals surface area contributed by atoms with Crippen LogP contribution in [-0.4, -0.2) is 28.1 Å². The number of carboxylic acid groups (broad SMARTS) is 1. The van der Waals surface area contributed by atoms with Crippen molar-refractivity contribution in [1.82, 2.24) is 10.3 Å². The van der Waals surface area contributed by atoms with Gasteiger partial charge >= 0.3 is 12.0 Å². The third-order valence-electron chi connectivity index (χ3n) is 4.53. The van der Waals surface area contributed by atoms with Crippen LogP contribution in [0.15, 0.2) is 42.6 Å². The van der Waals surface area contributed by atoms with Crippen molar-refractivity contribution in [3.8, 4) is 0 Å². The van der Waals surface area contributed by atoms with Crippen molar-refractivity contribution in [2.24, 2.45) is 0 Å². The number of aromatic nitrogens is 1. The first-order chi connectivity index (χ1) is 12.8. The molecule has 140 valence electrons. The number of hydrogen-bond acceptors (Lipinski definition) is 2. The number of aromatic amines is 1. The lowest BCUT2D eigenvalue weighted by atomic mass is 10.0. The molecule has 1 unspecified atom stereocenters. The fourth-order valence-electron chi connectivity index (χ4n) is 2.93. The van der Waals surface area contributed by atoms with Crippen molar-refractivity contribution in [1.29, 1.82) is 0 Å². The third kappa shape index (κ3) is 4.08. The lowest BCUT2D eigenvalue weighted by Crippen LogP contribution is -2.44. The summed E-state index contributed by atoms with van der Waals surface area (Å²) in [4.78, 5) is 26.7. The number of fused-ring (bicyclic) bond motifs is 1. The van der Waals surface area contributed by atoms with Crippen molar-refractivity contribution in [3.05, 3.63) is 65.1 Å². The molecule has 2 amide bonds. The molecule has 4 N–H and O–H groups in total. The Hall–Kier alpha value is -3.35. The molecule has 6 nitrogen and oxygen atoms in total. The van der Waals surface area contributed by atoms with Crippen LogP contribution in [0, 0.1) is 19.7 Å². The highest BCUT2D eigenvalue weighted by Gasteiger charge is 2.23. The molecule has 27 heavy (non-hydrogen) atoms. The number of rotatable bonds is 5. The Morgan fingerprint density at radius 3 is 2.67 bits per heavy atom. The summed E-state index contributed by atoms with van der Waals surface area (Å²) >= 11 is 0. The van der Waals surface area contributed by atoms with Crippen LogP contribution in [0.3, 0.4) is 0 Å². The number of aryl methyl sites for hydroxylation is 2. The molecular formula is C20H20FN3O3. The molecular weight excluding hydrogens is 349 g/mol. The van der Waals surface area contributed by atoms with Gasteiger partial charge < -0.3 is 20.7 Å². The standard InChI is InChI=1S/C20H20FN3O3/c1-11-6-7-14(8-12(11)2)23-20(27)24-17(19(25)26)9-13-10-22-16-5-3-4-15(21)18(13)16/h3-8,10,17,22H,9H2,1-2H3,(H,25,26)(H2,23,24,27). The summed E-state index contributed by atoms with van der Waals surface area (Å²) in [7, 11) is 0. The van der Waals surface area contributed by atoms with E-state index in [0.29, 0.717) is 22.2 Å². The molecule has 0 aliphatic rings. The first-order valence-electron chi connectivity index (χ1n) is 8.47. The Bertz CT molecular complexity index is 1010. The fourth-order valence-corrected chi connectivity index (χ4v) is 2.93. The number of halogens is 1. The topological polar surface area (TPSA) is 94.2 Å². The van der Waals surface area contributed by atoms with Gasteiger partial charge in [-0.15, -0.1) is 0 Å². The Morgan fingerprint density at radius 2 is 1.96 bits per heavy atom. The number of benzene rings is 2. The summed E-state index contributed by atoms with van der Waals surface area (Å²) in [5.41, 5.74) is 3.73. The van der Waals surface area contributed by atoms with Crippen LogP contribution in [0.5, 0.6) is 0 Å². The zero-order chi connectivity index (χ0) is 19.6. The van der Waals surface area contributed by atoms with Crippen molar-refractivity contribution in [2.75, 3.05) is 5.32 Å². The van der Waals surface area contributed by atoms with Crippen LogP contribution in [0.4, 0.5) is 14.9 Å². The summed E-state index contributed by atoms with van der Waals surface area (Å²) in [6.45, 7) is 3.88. The smallest absolute Gasteiger partial charge is 0.326 e. The minimum Gasteiger partial charge on any atom is -0.480 e. The molecule has 1 heterocycles. The van der Waals surface area contributed by atoms with Gasteiger partial charge in [-0.25, -0.2) is 14.0 Å². The number of hydrogen-bond donors (Lipinski definition) is 4. The second-order valence-corrected chi connectivity index (χ2v) is 6.47. The minimum atomic E-state index is -1.20. The molecule has 0 fully saturated rings. The van der Waals surface area contributed by atoms with E-state index in [4.69, 9.17) is 0 Å². The van der Waals surface area contributed by atoms with Crippen LogP contribution in [-0.2, 0) is 11.2 Å². The summed E-state index contributed by atoms with van der Waals surface area (Å²) in [6.07, 6.45) is 1.52. The maximum absolute atomic E-state index is 14.1. The highest BCUT2D eigenvalue weighted by atomic mass is 19.1. The second-order valence-electron chi connectivity index (χ2n) is 6.47. The second kappa shape index (κ2) is 7.49. The molecule has 1 atom stereocenters. The zero-order valence-electron chi connectivity index (χ0n) is 15.0. The highest BCUT2D eigenvalue weighted by Crippen LogP contribution is 2.22. The van der Waals surface area contributed by atoms with Gasteiger partial charge in [0, 0.05) is 29.2 Å². The normalized spacial score (nSPS) is 12.0. The number of H-pyrrole nitrogens is 1. The Labute approximate surface area is 155 Å². The lowest BCUT2D eigenvalue weighted by Gasteiger charge is -2.15. The maximum atomic E-state index is 14.1. The summed E-state index contributed by atoms with van der Waals surface area (Å²) < 4.78 is 14.1. The quantitative estimate of drug-likeness (QED) is 0.552. The molecule has 2 aromatic carbocycles. The Kier molecular flexibility index (Phi) is 5.12. The van der Waals surface area contributed by atoms with Crippen LogP contribution >= 0.6 is 0 Å². The number of nitrogens with one attached hydrogen (secondary N) is 3. The molecule has 0 aliphatic carbocycles. The molecule has 7 heteroatoms. The first kappa shape index (κ1) is 18.4. The van der Waals surface area contributed by atoms with E-state index in [9.17, 15) is 19.1 Å². The molecule has 0 bridgehead atoms. The van der Waals surface area contributed by atoms with E-state index in [1.54, 1.807) is 30.5 Å². The predicted octanol–water partition coefficient (Wildman–Crippen LogP) is 3.74. The van der Waals surface area contributed by atoms with E-state index in [2.05, 4.69) is 15.6 Å². The van der Waals surface area contributed by atoms with Gasteiger partial charge in [-0.05, 0) is 54.8 Å². The average Bonchev–Trinajstić information content (AvgIpc) is 3.02. The van der Waals surface area contributed by atoms with E-state index in [1.807, 2.05) is 19.9 Å². The first-order valence-corrected chi connectivity index (χ1v) is 8.47. The van der Waals surface area contributed by atoms with Gasteiger partial charge in [-0.2, -0.15) is 0 Å². The number of carbonyl (C=O) groups excluding carboxylic acids is 1. The Morgan fingerprint density at radius 1 is 1.19 bits per heavy atom. The lowest BCUT2D eigenvalue weighted by molar-refractivity contribution is -0.139. The summed E-state index contributed by atoms with van der Waals surface area (Å²) in [5, 5.41) is 14.9. The zero-order valence-corrected chi connectivity index (χ0v) is 15.0. The average molecular weight is 369 g/mol. The van der Waals surface area contributed by atoms with Gasteiger partial charge in [0.2, 0.25) is 0 Å². The highest BCUT2D eigenvalue weighted by molar-refractivity contribution is 5.93. The van der Waals surface area contributed by atoms with Crippen LogP contribution < -0.4 is 10.6 Å². The molecule has 0 saturated carbocycles. The molecule has 0 aliphatic heterocycles. The molecule has 3 aromatic rings. The number of urea groups is 1. The largest absolute Gasteiger partial charge is 0.480 e. The monoisotopic (exact) mass is 369 g/mol. The van der Waals surface area contributed by atoms with E-state index in [0.717, 1.165) is 11.1 Å². The van der Waals surface area contributed by atoms with Gasteiger partial charge in [0.25, 0.3) is 0 Å². The molecule has 0 spiro atoms. The van der Waals surface area contributed by atoms with Crippen LogP contribution in [0.2, 0.25) is 0 Å². The Balaban J connectivity index is 1.74. The van der Waals surface area contributed by atoms with Crippen LogP contribution in [0.1, 0.15) is 16.7 Å². The van der Waals surface area contributed by atoms with Gasteiger partial charge in [0.1, 0.15) is 11.9 Å². The van der Waals surface area contributed by atoms with Gasteiger partial charge in [0.05, 0.1) is 0 Å². The van der Waals surface area contributed by atoms with Crippen molar-refractivity contribution in [2.45, 2.75) is 26.3 Å². The number of anilines is 1. The van der Waals surface area contributed by atoms with E-state index < -0.39 is 23.9 Å². The number of carbonyl (C=O) groups is 2. The van der Waals surface area contributed by atoms with E-state index >= 15 is 0 Å².